The first-order valence-electron chi connectivity index (χ1n) is 18.3. The van der Waals surface area contributed by atoms with E-state index < -0.39 is 0 Å². The molecule has 2 unspecified atom stereocenters. The van der Waals surface area contributed by atoms with Gasteiger partial charge in [0.15, 0.2) is 0 Å². The number of hydrogen-bond acceptors (Lipinski definition) is 1. The molecule has 3 nitrogen and oxygen atoms in total. The summed E-state index contributed by atoms with van der Waals surface area (Å²) < 4.78 is 12.4. The lowest BCUT2D eigenvalue weighted by atomic mass is 9.45. The van der Waals surface area contributed by atoms with Crippen LogP contribution in [0.5, 0.6) is 5.75 Å². The number of fused-ring (bicyclic) bond motifs is 14. The van der Waals surface area contributed by atoms with E-state index in [1.54, 1.807) is 0 Å². The molecule has 0 amide bonds. The zero-order valence-electron chi connectivity index (χ0n) is 28.1. The van der Waals surface area contributed by atoms with Gasteiger partial charge >= 0.3 is 6.85 Å². The highest BCUT2D eigenvalue weighted by atomic mass is 16.5. The first kappa shape index (κ1) is 27.2. The van der Waals surface area contributed by atoms with Gasteiger partial charge in [0.1, 0.15) is 11.9 Å². The van der Waals surface area contributed by atoms with E-state index in [1.807, 2.05) is 0 Å². The van der Waals surface area contributed by atoms with Gasteiger partial charge in [-0.05, 0) is 63.0 Å². The molecule has 7 aromatic carbocycles. The number of rotatable bonds is 2. The second kappa shape index (κ2) is 9.63. The summed E-state index contributed by atoms with van der Waals surface area (Å²) in [6, 6.07) is 51.9. The Morgan fingerprint density at radius 3 is 2.08 bits per heavy atom. The largest absolute Gasteiger partial charge is 0.483 e. The quantitative estimate of drug-likeness (QED) is 0.169. The van der Waals surface area contributed by atoms with E-state index >= 15 is 0 Å². The van der Waals surface area contributed by atoms with Crippen LogP contribution in [0.25, 0.3) is 82.7 Å². The summed E-state index contributed by atoms with van der Waals surface area (Å²) in [7, 11) is 0. The molecule has 1 aliphatic carbocycles. The Hall–Kier alpha value is -6.52. The lowest BCUT2D eigenvalue weighted by Gasteiger charge is -2.35. The van der Waals surface area contributed by atoms with Crippen LogP contribution in [0.3, 0.4) is 0 Å². The maximum Gasteiger partial charge on any atom is 0.333 e. The molecule has 0 radical (unpaired) electrons. The van der Waals surface area contributed by atoms with Crippen molar-refractivity contribution in [1.29, 1.82) is 0 Å². The van der Waals surface area contributed by atoms with Crippen LogP contribution in [0.2, 0.25) is 0 Å². The lowest BCUT2D eigenvalue weighted by Crippen LogP contribution is -2.55. The third kappa shape index (κ3) is 3.21. The molecule has 0 saturated carbocycles. The molecule has 13 rings (SSSR count). The SMILES string of the molecule is C1=CC2Oc3c(cc4c5c3-n3c6cccc(-c7ccccc7)c6c6c(-c7ccccc7)ccc(c63)B5n3c5ccccc5c5cccc-4c53)C2C=C1. The maximum absolute atomic E-state index is 7.14. The van der Waals surface area contributed by atoms with Crippen molar-refractivity contribution in [3.8, 4) is 44.8 Å². The molecular weight excluding hydrogens is 631 g/mol. The molecule has 2 aromatic heterocycles. The van der Waals surface area contributed by atoms with Gasteiger partial charge < -0.3 is 13.8 Å². The molecule has 5 heterocycles. The molecule has 4 heteroatoms. The molecule has 4 aliphatic rings. The first-order valence-corrected chi connectivity index (χ1v) is 18.3. The Kier molecular flexibility index (Phi) is 5.04. The fourth-order valence-corrected chi connectivity index (χ4v) is 10.2. The Balaban J connectivity index is 1.29. The van der Waals surface area contributed by atoms with Crippen LogP contribution < -0.4 is 15.7 Å². The average molecular weight is 661 g/mol. The molecule has 52 heavy (non-hydrogen) atoms. The highest BCUT2D eigenvalue weighted by Gasteiger charge is 2.46. The summed E-state index contributed by atoms with van der Waals surface area (Å²) in [6.45, 7) is -0.0331. The van der Waals surface area contributed by atoms with Crippen molar-refractivity contribution in [2.45, 2.75) is 12.0 Å². The summed E-state index contributed by atoms with van der Waals surface area (Å²) in [6.07, 6.45) is 8.85. The summed E-state index contributed by atoms with van der Waals surface area (Å²) in [4.78, 5) is 0. The Morgan fingerprint density at radius 2 is 1.23 bits per heavy atom. The zero-order valence-corrected chi connectivity index (χ0v) is 28.1. The summed E-state index contributed by atoms with van der Waals surface area (Å²) in [5, 5.41) is 5.19. The van der Waals surface area contributed by atoms with E-state index in [0.29, 0.717) is 0 Å². The summed E-state index contributed by atoms with van der Waals surface area (Å²) in [5.41, 5.74) is 17.7. The van der Waals surface area contributed by atoms with Crippen LogP contribution in [0.15, 0.2) is 164 Å². The van der Waals surface area contributed by atoms with Gasteiger partial charge in [0.2, 0.25) is 0 Å². The first-order chi connectivity index (χ1) is 25.8. The number of hydrogen-bond donors (Lipinski definition) is 0. The number of para-hydroxylation sites is 2. The number of ether oxygens (including phenoxy) is 1. The van der Waals surface area contributed by atoms with Crippen LogP contribution in [-0.2, 0) is 0 Å². The minimum atomic E-state index is -0.0331. The normalized spacial score (nSPS) is 17.2. The Labute approximate surface area is 300 Å². The van der Waals surface area contributed by atoms with Crippen molar-refractivity contribution in [2.75, 3.05) is 0 Å². The third-order valence-corrected chi connectivity index (χ3v) is 12.2. The van der Waals surface area contributed by atoms with Gasteiger partial charge in [0.25, 0.3) is 0 Å². The maximum atomic E-state index is 7.14. The van der Waals surface area contributed by atoms with Crippen LogP contribution >= 0.6 is 0 Å². The summed E-state index contributed by atoms with van der Waals surface area (Å²) >= 11 is 0. The third-order valence-electron chi connectivity index (χ3n) is 12.2. The molecule has 240 valence electrons. The molecule has 3 aliphatic heterocycles. The van der Waals surface area contributed by atoms with E-state index in [4.69, 9.17) is 4.74 Å². The second-order valence-corrected chi connectivity index (χ2v) is 14.7. The predicted octanol–water partition coefficient (Wildman–Crippen LogP) is 10.1. The van der Waals surface area contributed by atoms with Crippen molar-refractivity contribution in [1.82, 2.24) is 9.05 Å². The molecule has 9 aromatic rings. The molecular formula is C48H29BN2O. The van der Waals surface area contributed by atoms with Gasteiger partial charge in [-0.25, -0.2) is 0 Å². The smallest absolute Gasteiger partial charge is 0.333 e. The van der Waals surface area contributed by atoms with E-state index in [2.05, 4.69) is 173 Å². The number of aromatic nitrogens is 2. The summed E-state index contributed by atoms with van der Waals surface area (Å²) in [5.74, 6) is 1.18. The molecule has 0 saturated heterocycles. The standard InChI is InChI=1S/C48H29BN2O/c1-3-13-28(14-4-1)30-19-12-23-40-42(30)43-31(29-15-5-2-6-16-29)25-26-38-46(43)50(40)47-44-36(27-37-33-18-8-10-24-41(33)52-48(37)47)35-21-11-20-34-32-17-7-9-22-39(32)51(45(34)35)49(38)44/h1-27,33,41H. The van der Waals surface area contributed by atoms with Crippen molar-refractivity contribution in [2.24, 2.45) is 0 Å². The number of allylic oxidation sites excluding steroid dienone is 2. The van der Waals surface area contributed by atoms with E-state index in [1.165, 1.54) is 99.2 Å². The highest BCUT2D eigenvalue weighted by Crippen LogP contribution is 2.52. The number of nitrogens with zero attached hydrogens (tertiary/aromatic N) is 2. The van der Waals surface area contributed by atoms with Gasteiger partial charge in [0.05, 0.1) is 16.7 Å². The molecule has 0 bridgehead atoms. The van der Waals surface area contributed by atoms with Crippen molar-refractivity contribution in [3.05, 3.63) is 169 Å². The van der Waals surface area contributed by atoms with E-state index in [-0.39, 0.29) is 18.9 Å². The second-order valence-electron chi connectivity index (χ2n) is 14.7. The van der Waals surface area contributed by atoms with Crippen LogP contribution in [0.4, 0.5) is 0 Å². The van der Waals surface area contributed by atoms with Gasteiger partial charge in [-0.3, -0.25) is 0 Å². The molecule has 2 atom stereocenters. The molecule has 0 spiro atoms. The van der Waals surface area contributed by atoms with Gasteiger partial charge in [-0.2, -0.15) is 0 Å². The minimum Gasteiger partial charge on any atom is -0.483 e. The van der Waals surface area contributed by atoms with E-state index in [9.17, 15) is 0 Å². The van der Waals surface area contributed by atoms with Crippen molar-refractivity contribution >= 4 is 61.4 Å². The van der Waals surface area contributed by atoms with Crippen LogP contribution in [-0.4, -0.2) is 22.0 Å². The van der Waals surface area contributed by atoms with Crippen LogP contribution in [0.1, 0.15) is 11.5 Å². The molecule has 0 fully saturated rings. The number of benzene rings is 7. The predicted molar refractivity (Wildman–Crippen MR) is 216 cm³/mol. The Morgan fingerprint density at radius 1 is 0.538 bits per heavy atom. The fourth-order valence-electron chi connectivity index (χ4n) is 10.2. The van der Waals surface area contributed by atoms with E-state index in [0.717, 1.165) is 5.75 Å². The molecule has 0 N–H and O–H groups in total. The van der Waals surface area contributed by atoms with Crippen LogP contribution in [0, 0.1) is 0 Å². The lowest BCUT2D eigenvalue weighted by molar-refractivity contribution is 0.268. The van der Waals surface area contributed by atoms with Crippen molar-refractivity contribution < 1.29 is 4.74 Å². The average Bonchev–Trinajstić information content (AvgIpc) is 3.87. The van der Waals surface area contributed by atoms with Gasteiger partial charge in [-0.1, -0.05) is 140 Å². The van der Waals surface area contributed by atoms with Crippen molar-refractivity contribution in [3.63, 3.8) is 0 Å². The van der Waals surface area contributed by atoms with Gasteiger partial charge in [-0.15, -0.1) is 0 Å². The van der Waals surface area contributed by atoms with Gasteiger partial charge in [0, 0.05) is 49.6 Å². The topological polar surface area (TPSA) is 19.1 Å². The monoisotopic (exact) mass is 660 g/mol. The highest BCUT2D eigenvalue weighted by molar-refractivity contribution is 6.90. The Bertz CT molecular complexity index is 3110. The fraction of sp³-hybridized carbons (Fsp3) is 0.0417. The zero-order chi connectivity index (χ0) is 33.7. The minimum absolute atomic E-state index is 0.0247.